The zero-order valence-corrected chi connectivity index (χ0v) is 16.6. The molecule has 1 unspecified atom stereocenters. The maximum Gasteiger partial charge on any atom is 0.332 e. The van der Waals surface area contributed by atoms with Gasteiger partial charge in [0.15, 0.2) is 0 Å². The van der Waals surface area contributed by atoms with Crippen LogP contribution >= 0.6 is 0 Å². The van der Waals surface area contributed by atoms with Gasteiger partial charge in [-0.15, -0.1) is 5.06 Å². The van der Waals surface area contributed by atoms with Gasteiger partial charge in [0.05, 0.1) is 5.69 Å². The standard InChI is InChI=1S/C22H24FN3O4/c1-2-21(28)30-26-19-10-6-4-8-15(19)12-18(22(26)29)25-20(27)13-16(24)11-14-7-3-5-9-17(14)23/h3-10,16,18H,2,11-13,24H2,1H3,(H,25,27)/t16-,18?/m1/s1. The molecule has 0 radical (unpaired) electrons. The Kier molecular flexibility index (Phi) is 6.79. The van der Waals surface area contributed by atoms with Gasteiger partial charge < -0.3 is 15.9 Å². The van der Waals surface area contributed by atoms with Gasteiger partial charge in [0.2, 0.25) is 5.91 Å². The number of nitrogens with zero attached hydrogens (tertiary/aromatic N) is 1. The summed E-state index contributed by atoms with van der Waals surface area (Å²) in [5.41, 5.74) is 7.68. The average Bonchev–Trinajstić information content (AvgIpc) is 2.72. The Morgan fingerprint density at radius 3 is 2.67 bits per heavy atom. The highest BCUT2D eigenvalue weighted by Gasteiger charge is 2.36. The van der Waals surface area contributed by atoms with Gasteiger partial charge in [-0.05, 0) is 29.7 Å². The minimum absolute atomic E-state index is 0.0749. The number of anilines is 1. The highest BCUT2D eigenvalue weighted by atomic mass is 19.1. The molecule has 0 saturated carbocycles. The first-order valence-corrected chi connectivity index (χ1v) is 9.80. The molecule has 0 aliphatic carbocycles. The molecule has 3 rings (SSSR count). The zero-order chi connectivity index (χ0) is 21.7. The van der Waals surface area contributed by atoms with Gasteiger partial charge in [0.1, 0.15) is 11.9 Å². The van der Waals surface area contributed by atoms with Crippen molar-refractivity contribution in [2.24, 2.45) is 5.73 Å². The Morgan fingerprint density at radius 1 is 1.23 bits per heavy atom. The summed E-state index contributed by atoms with van der Waals surface area (Å²) in [6.45, 7) is 1.62. The van der Waals surface area contributed by atoms with Gasteiger partial charge in [-0.3, -0.25) is 9.59 Å². The second-order valence-electron chi connectivity index (χ2n) is 7.16. The van der Waals surface area contributed by atoms with Gasteiger partial charge in [0, 0.05) is 25.3 Å². The van der Waals surface area contributed by atoms with E-state index in [9.17, 15) is 18.8 Å². The summed E-state index contributed by atoms with van der Waals surface area (Å²) in [5.74, 6) is -1.90. The molecule has 30 heavy (non-hydrogen) atoms. The lowest BCUT2D eigenvalue weighted by Crippen LogP contribution is -2.53. The van der Waals surface area contributed by atoms with Crippen LogP contribution in [0, 0.1) is 5.82 Å². The van der Waals surface area contributed by atoms with Gasteiger partial charge in [-0.1, -0.05) is 43.3 Å². The third-order valence-electron chi connectivity index (χ3n) is 4.84. The minimum Gasteiger partial charge on any atom is -0.344 e. The third kappa shape index (κ3) is 5.01. The highest BCUT2D eigenvalue weighted by Crippen LogP contribution is 2.28. The molecular weight excluding hydrogens is 389 g/mol. The molecule has 0 bridgehead atoms. The summed E-state index contributed by atoms with van der Waals surface area (Å²) in [6, 6.07) is 11.8. The van der Waals surface area contributed by atoms with E-state index in [0.717, 1.165) is 10.6 Å². The first-order chi connectivity index (χ1) is 14.4. The van der Waals surface area contributed by atoms with Crippen molar-refractivity contribution in [3.63, 3.8) is 0 Å². The Bertz CT molecular complexity index is 949. The van der Waals surface area contributed by atoms with E-state index in [1.54, 1.807) is 49.4 Å². The average molecular weight is 413 g/mol. The molecule has 2 atom stereocenters. The fourth-order valence-corrected chi connectivity index (χ4v) is 3.33. The second-order valence-corrected chi connectivity index (χ2v) is 7.16. The van der Waals surface area contributed by atoms with Crippen LogP contribution in [0.15, 0.2) is 48.5 Å². The van der Waals surface area contributed by atoms with Crippen molar-refractivity contribution < 1.29 is 23.6 Å². The lowest BCUT2D eigenvalue weighted by atomic mass is 9.98. The summed E-state index contributed by atoms with van der Waals surface area (Å²) in [5, 5.41) is 3.61. The molecule has 3 N–H and O–H groups in total. The molecule has 8 heteroatoms. The van der Waals surface area contributed by atoms with E-state index in [1.807, 2.05) is 0 Å². The number of hydrogen-bond donors (Lipinski definition) is 2. The number of hydroxylamine groups is 1. The number of fused-ring (bicyclic) bond motifs is 1. The predicted molar refractivity (Wildman–Crippen MR) is 109 cm³/mol. The first kappa shape index (κ1) is 21.4. The van der Waals surface area contributed by atoms with Crippen molar-refractivity contribution in [3.8, 4) is 0 Å². The summed E-state index contributed by atoms with van der Waals surface area (Å²) >= 11 is 0. The van der Waals surface area contributed by atoms with Crippen LogP contribution in [-0.4, -0.2) is 29.9 Å². The van der Waals surface area contributed by atoms with E-state index < -0.39 is 29.9 Å². The quantitative estimate of drug-likeness (QED) is 0.723. The number of carbonyl (C=O) groups is 3. The number of rotatable bonds is 7. The van der Waals surface area contributed by atoms with E-state index in [2.05, 4.69) is 5.32 Å². The Hall–Kier alpha value is -3.26. The topological polar surface area (TPSA) is 102 Å². The van der Waals surface area contributed by atoms with Gasteiger partial charge in [0.25, 0.3) is 5.91 Å². The summed E-state index contributed by atoms with van der Waals surface area (Å²) in [7, 11) is 0. The fourth-order valence-electron chi connectivity index (χ4n) is 3.33. The van der Waals surface area contributed by atoms with Gasteiger partial charge in [-0.2, -0.15) is 0 Å². The molecule has 2 aromatic carbocycles. The molecule has 0 spiro atoms. The van der Waals surface area contributed by atoms with E-state index in [-0.39, 0.29) is 31.5 Å². The largest absolute Gasteiger partial charge is 0.344 e. The van der Waals surface area contributed by atoms with Crippen LogP contribution < -0.4 is 16.1 Å². The fraction of sp³-hybridized carbons (Fsp3) is 0.318. The normalized spacial score (nSPS) is 16.6. The van der Waals surface area contributed by atoms with Crippen molar-refractivity contribution in [3.05, 3.63) is 65.5 Å². The molecule has 7 nitrogen and oxygen atoms in total. The van der Waals surface area contributed by atoms with Gasteiger partial charge >= 0.3 is 5.97 Å². The van der Waals surface area contributed by atoms with Crippen molar-refractivity contribution in [2.75, 3.05) is 5.06 Å². The highest BCUT2D eigenvalue weighted by molar-refractivity contribution is 6.01. The monoisotopic (exact) mass is 413 g/mol. The maximum atomic E-state index is 13.8. The lowest BCUT2D eigenvalue weighted by molar-refractivity contribution is -0.151. The Balaban J connectivity index is 1.66. The Labute approximate surface area is 173 Å². The van der Waals surface area contributed by atoms with Crippen molar-refractivity contribution in [1.29, 1.82) is 0 Å². The molecule has 0 aromatic heterocycles. The summed E-state index contributed by atoms with van der Waals surface area (Å²) in [4.78, 5) is 42.3. The number of hydrogen-bond acceptors (Lipinski definition) is 5. The molecule has 0 saturated heterocycles. The number of nitrogens with one attached hydrogen (secondary N) is 1. The van der Waals surface area contributed by atoms with Crippen molar-refractivity contribution in [1.82, 2.24) is 5.32 Å². The van der Waals surface area contributed by atoms with Crippen LogP contribution in [0.5, 0.6) is 0 Å². The van der Waals surface area contributed by atoms with E-state index >= 15 is 0 Å². The van der Waals surface area contributed by atoms with Gasteiger partial charge in [-0.25, -0.2) is 9.18 Å². The number of nitrogens with two attached hydrogens (primary N) is 1. The first-order valence-electron chi connectivity index (χ1n) is 9.80. The smallest absolute Gasteiger partial charge is 0.332 e. The maximum absolute atomic E-state index is 13.8. The molecule has 1 heterocycles. The molecule has 2 aromatic rings. The molecule has 2 amide bonds. The minimum atomic E-state index is -0.891. The third-order valence-corrected chi connectivity index (χ3v) is 4.84. The van der Waals surface area contributed by atoms with Crippen molar-refractivity contribution in [2.45, 2.75) is 44.7 Å². The van der Waals surface area contributed by atoms with Crippen LogP contribution in [0.2, 0.25) is 0 Å². The molecular formula is C22H24FN3O4. The molecule has 1 aliphatic heterocycles. The SMILES string of the molecule is CCC(=O)ON1C(=O)C(NC(=O)C[C@H](N)Cc2ccccc2F)Cc2ccccc21. The van der Waals surface area contributed by atoms with Crippen LogP contribution in [-0.2, 0) is 32.1 Å². The van der Waals surface area contributed by atoms with Crippen molar-refractivity contribution >= 4 is 23.5 Å². The van der Waals surface area contributed by atoms with E-state index in [0.29, 0.717) is 11.3 Å². The number of benzene rings is 2. The van der Waals surface area contributed by atoms with Crippen LogP contribution in [0.3, 0.4) is 0 Å². The molecule has 0 fully saturated rings. The molecule has 158 valence electrons. The number of halogens is 1. The van der Waals surface area contributed by atoms with E-state index in [4.69, 9.17) is 10.6 Å². The number of carbonyl (C=O) groups excluding carboxylic acids is 3. The van der Waals surface area contributed by atoms with E-state index in [1.165, 1.54) is 6.07 Å². The summed E-state index contributed by atoms with van der Waals surface area (Å²) in [6.07, 6.45) is 0.494. The lowest BCUT2D eigenvalue weighted by Gasteiger charge is -2.32. The second kappa shape index (κ2) is 9.49. The van der Waals surface area contributed by atoms with Crippen LogP contribution in [0.1, 0.15) is 30.9 Å². The summed E-state index contributed by atoms with van der Waals surface area (Å²) < 4.78 is 13.8. The number of para-hydroxylation sites is 1. The Morgan fingerprint density at radius 2 is 1.93 bits per heavy atom. The predicted octanol–water partition coefficient (Wildman–Crippen LogP) is 2.03. The van der Waals surface area contributed by atoms with Crippen LogP contribution in [0.4, 0.5) is 10.1 Å². The van der Waals surface area contributed by atoms with Crippen LogP contribution in [0.25, 0.3) is 0 Å². The zero-order valence-electron chi connectivity index (χ0n) is 16.6. The molecule has 1 aliphatic rings. The number of amides is 2.